The molecule has 0 aromatic carbocycles. The summed E-state index contributed by atoms with van der Waals surface area (Å²) in [5, 5.41) is 3.21. The van der Waals surface area contributed by atoms with Crippen molar-refractivity contribution >= 4 is 11.8 Å². The zero-order valence-electron chi connectivity index (χ0n) is 6.73. The van der Waals surface area contributed by atoms with Crippen LogP contribution >= 0.6 is 11.8 Å². The molecule has 2 heteroatoms. The van der Waals surface area contributed by atoms with E-state index >= 15 is 0 Å². The molecule has 1 heterocycles. The summed E-state index contributed by atoms with van der Waals surface area (Å²) in [5.41, 5.74) is 0. The highest BCUT2D eigenvalue weighted by molar-refractivity contribution is 7.99. The summed E-state index contributed by atoms with van der Waals surface area (Å²) < 4.78 is 0. The first-order chi connectivity index (χ1) is 4.93. The minimum atomic E-state index is 1.02. The van der Waals surface area contributed by atoms with Gasteiger partial charge in [-0.05, 0) is 50.3 Å². The molecule has 0 saturated carbocycles. The van der Waals surface area contributed by atoms with Crippen LogP contribution in [0.4, 0.5) is 0 Å². The van der Waals surface area contributed by atoms with Gasteiger partial charge in [-0.1, -0.05) is 0 Å². The Labute approximate surface area is 68.0 Å². The molecule has 1 aliphatic heterocycles. The Morgan fingerprint density at radius 2 is 2.10 bits per heavy atom. The number of rotatable bonds is 3. The first kappa shape index (κ1) is 8.41. The van der Waals surface area contributed by atoms with Gasteiger partial charge in [0.15, 0.2) is 0 Å². The van der Waals surface area contributed by atoms with E-state index in [1.54, 1.807) is 0 Å². The van der Waals surface area contributed by atoms with Gasteiger partial charge < -0.3 is 5.32 Å². The molecule has 0 aromatic heterocycles. The van der Waals surface area contributed by atoms with E-state index in [2.05, 4.69) is 17.1 Å². The molecule has 0 aromatic rings. The molecule has 0 spiro atoms. The van der Waals surface area contributed by atoms with Gasteiger partial charge in [-0.15, -0.1) is 0 Å². The molecule has 1 rings (SSSR count). The molecular weight excluding hydrogens is 142 g/mol. The van der Waals surface area contributed by atoms with Crippen molar-refractivity contribution in [3.63, 3.8) is 0 Å². The Bertz CT molecular complexity index is 79.3. The Morgan fingerprint density at radius 3 is 2.70 bits per heavy atom. The monoisotopic (exact) mass is 159 g/mol. The summed E-state index contributed by atoms with van der Waals surface area (Å²) >= 11 is 2.11. The van der Waals surface area contributed by atoms with Crippen LogP contribution in [0.3, 0.4) is 0 Å². The van der Waals surface area contributed by atoms with Gasteiger partial charge in [0, 0.05) is 0 Å². The minimum Gasteiger partial charge on any atom is -0.320 e. The zero-order chi connectivity index (χ0) is 7.23. The first-order valence-electron chi connectivity index (χ1n) is 4.16. The molecule has 1 nitrogen and oxygen atoms in total. The van der Waals surface area contributed by atoms with Gasteiger partial charge in [-0.3, -0.25) is 0 Å². The van der Waals surface area contributed by atoms with E-state index in [1.165, 1.54) is 37.3 Å². The second-order valence-electron chi connectivity index (χ2n) is 2.95. The van der Waals surface area contributed by atoms with Crippen molar-refractivity contribution in [1.82, 2.24) is 5.32 Å². The van der Waals surface area contributed by atoms with E-state index in [0.717, 1.165) is 5.92 Å². The van der Waals surface area contributed by atoms with Crippen molar-refractivity contribution in [2.75, 3.05) is 25.1 Å². The van der Waals surface area contributed by atoms with Crippen molar-refractivity contribution in [3.05, 3.63) is 0 Å². The average molecular weight is 159 g/mol. The van der Waals surface area contributed by atoms with E-state index in [9.17, 15) is 0 Å². The van der Waals surface area contributed by atoms with E-state index in [1.807, 2.05) is 7.05 Å². The second kappa shape index (κ2) is 5.03. The third kappa shape index (κ3) is 2.93. The summed E-state index contributed by atoms with van der Waals surface area (Å²) in [7, 11) is 2.04. The summed E-state index contributed by atoms with van der Waals surface area (Å²) in [5.74, 6) is 3.82. The SMILES string of the molecule is CNCCC1CCSCC1. The Hall–Kier alpha value is 0.310. The predicted octanol–water partition coefficient (Wildman–Crippen LogP) is 1.74. The van der Waals surface area contributed by atoms with Gasteiger partial charge in [0.25, 0.3) is 0 Å². The number of hydrogen-bond acceptors (Lipinski definition) is 2. The summed E-state index contributed by atoms with van der Waals surface area (Å²) in [6.07, 6.45) is 4.29. The topological polar surface area (TPSA) is 12.0 Å². The molecule has 0 amide bonds. The van der Waals surface area contributed by atoms with Crippen LogP contribution in [0.1, 0.15) is 19.3 Å². The van der Waals surface area contributed by atoms with Crippen LogP contribution in [0.25, 0.3) is 0 Å². The van der Waals surface area contributed by atoms with E-state index in [0.29, 0.717) is 0 Å². The van der Waals surface area contributed by atoms with Crippen molar-refractivity contribution in [2.45, 2.75) is 19.3 Å². The molecule has 1 aliphatic rings. The van der Waals surface area contributed by atoms with Crippen molar-refractivity contribution in [3.8, 4) is 0 Å². The lowest BCUT2D eigenvalue weighted by Gasteiger charge is -2.20. The van der Waals surface area contributed by atoms with Gasteiger partial charge >= 0.3 is 0 Å². The lowest BCUT2D eigenvalue weighted by atomic mass is 9.99. The molecule has 0 radical (unpaired) electrons. The van der Waals surface area contributed by atoms with Crippen LogP contribution in [0.5, 0.6) is 0 Å². The van der Waals surface area contributed by atoms with E-state index in [-0.39, 0.29) is 0 Å². The summed E-state index contributed by atoms with van der Waals surface area (Å²) in [6, 6.07) is 0. The highest BCUT2D eigenvalue weighted by atomic mass is 32.2. The van der Waals surface area contributed by atoms with Crippen LogP contribution in [0.15, 0.2) is 0 Å². The number of nitrogens with one attached hydrogen (secondary N) is 1. The van der Waals surface area contributed by atoms with Crippen molar-refractivity contribution in [2.24, 2.45) is 5.92 Å². The molecule has 0 aliphatic carbocycles. The Kier molecular flexibility index (Phi) is 4.23. The lowest BCUT2D eigenvalue weighted by molar-refractivity contribution is 0.446. The zero-order valence-corrected chi connectivity index (χ0v) is 7.54. The van der Waals surface area contributed by atoms with Crippen LogP contribution in [-0.2, 0) is 0 Å². The highest BCUT2D eigenvalue weighted by Crippen LogP contribution is 2.24. The van der Waals surface area contributed by atoms with Crippen molar-refractivity contribution in [1.29, 1.82) is 0 Å². The number of hydrogen-bond donors (Lipinski definition) is 1. The molecule has 60 valence electrons. The van der Waals surface area contributed by atoms with E-state index < -0.39 is 0 Å². The summed E-state index contributed by atoms with van der Waals surface area (Å²) in [4.78, 5) is 0. The van der Waals surface area contributed by atoms with Gasteiger partial charge in [0.05, 0.1) is 0 Å². The molecule has 10 heavy (non-hydrogen) atoms. The normalized spacial score (nSPS) is 21.3. The van der Waals surface area contributed by atoms with Gasteiger partial charge in [0.1, 0.15) is 0 Å². The standard InChI is InChI=1S/C8H17NS/c1-9-5-2-8-3-6-10-7-4-8/h8-9H,2-7H2,1H3. The van der Waals surface area contributed by atoms with E-state index in [4.69, 9.17) is 0 Å². The number of thioether (sulfide) groups is 1. The first-order valence-corrected chi connectivity index (χ1v) is 5.31. The molecule has 1 saturated heterocycles. The fourth-order valence-corrected chi connectivity index (χ4v) is 2.59. The van der Waals surface area contributed by atoms with Crippen molar-refractivity contribution < 1.29 is 0 Å². The lowest BCUT2D eigenvalue weighted by Crippen LogP contribution is -2.16. The van der Waals surface area contributed by atoms with Crippen LogP contribution in [-0.4, -0.2) is 25.1 Å². The average Bonchev–Trinajstić information content (AvgIpc) is 2.03. The largest absolute Gasteiger partial charge is 0.320 e. The Morgan fingerprint density at radius 1 is 1.40 bits per heavy atom. The summed E-state index contributed by atoms with van der Waals surface area (Å²) in [6.45, 7) is 1.20. The third-order valence-corrected chi connectivity index (χ3v) is 3.19. The third-order valence-electron chi connectivity index (χ3n) is 2.14. The Balaban J connectivity index is 2.02. The fraction of sp³-hybridized carbons (Fsp3) is 1.00. The van der Waals surface area contributed by atoms with Gasteiger partial charge in [0.2, 0.25) is 0 Å². The maximum absolute atomic E-state index is 3.21. The van der Waals surface area contributed by atoms with Crippen LogP contribution in [0.2, 0.25) is 0 Å². The fourth-order valence-electron chi connectivity index (χ4n) is 1.38. The molecule has 1 N–H and O–H groups in total. The molecular formula is C8H17NS. The quantitative estimate of drug-likeness (QED) is 0.673. The molecule has 1 fully saturated rings. The molecule has 0 atom stereocenters. The molecule has 0 bridgehead atoms. The smallest absolute Gasteiger partial charge is 0.00493 e. The second-order valence-corrected chi connectivity index (χ2v) is 4.17. The van der Waals surface area contributed by atoms with Crippen LogP contribution in [0, 0.1) is 5.92 Å². The molecule has 0 unspecified atom stereocenters. The van der Waals surface area contributed by atoms with Gasteiger partial charge in [-0.25, -0.2) is 0 Å². The van der Waals surface area contributed by atoms with Gasteiger partial charge in [-0.2, -0.15) is 11.8 Å². The highest BCUT2D eigenvalue weighted by Gasteiger charge is 2.11. The minimum absolute atomic E-state index is 1.02. The maximum atomic E-state index is 3.21. The predicted molar refractivity (Wildman–Crippen MR) is 48.6 cm³/mol. The maximum Gasteiger partial charge on any atom is -0.00493 e. The van der Waals surface area contributed by atoms with Crippen LogP contribution < -0.4 is 5.32 Å².